The topological polar surface area (TPSA) is 92.6 Å². The van der Waals surface area contributed by atoms with Crippen LogP contribution in [0, 0.1) is 5.41 Å². The number of hydrogen-bond acceptors (Lipinski definition) is 3. The molecule has 124 valence electrons. The minimum atomic E-state index is 0.0385. The summed E-state index contributed by atoms with van der Waals surface area (Å²) in [5.74, 6) is 0.0385. The van der Waals surface area contributed by atoms with Gasteiger partial charge in [0.05, 0.1) is 5.69 Å². The Kier molecular flexibility index (Phi) is 5.05. The molecule has 0 unspecified atom stereocenters. The van der Waals surface area contributed by atoms with Gasteiger partial charge >= 0.3 is 0 Å². The third-order valence-corrected chi connectivity index (χ3v) is 3.99. The van der Waals surface area contributed by atoms with Crippen LogP contribution in [0.25, 0.3) is 22.3 Å². The number of benzene rings is 1. The molecule has 6 nitrogen and oxygen atoms in total. The van der Waals surface area contributed by atoms with Gasteiger partial charge in [-0.25, -0.2) is 9.97 Å². The van der Waals surface area contributed by atoms with Crippen molar-refractivity contribution in [3.63, 3.8) is 0 Å². The first-order valence-electron chi connectivity index (χ1n) is 8.19. The Morgan fingerprint density at radius 2 is 1.92 bits per heavy atom. The van der Waals surface area contributed by atoms with Crippen molar-refractivity contribution >= 4 is 17.0 Å². The van der Waals surface area contributed by atoms with Crippen molar-refractivity contribution in [1.29, 1.82) is 5.41 Å². The zero-order chi connectivity index (χ0) is 16.8. The maximum atomic E-state index is 7.12. The van der Waals surface area contributed by atoms with Gasteiger partial charge in [0.25, 0.3) is 0 Å². The van der Waals surface area contributed by atoms with E-state index in [1.165, 1.54) is 0 Å². The van der Waals surface area contributed by atoms with E-state index < -0.39 is 0 Å². The standard InChI is InChI=1S/C18H22N6/c19-18(20)21-10-5-2-6-11-24-12-9-15-16(22-13-23-17(15)24)14-7-3-1-4-8-14/h1,3-4,7-9,12-13H,2,5-6,10-11H2,(H4,19,20,21). The number of nitrogens with zero attached hydrogens (tertiary/aromatic N) is 3. The molecule has 3 rings (SSSR count). The molecule has 4 N–H and O–H groups in total. The minimum absolute atomic E-state index is 0.0385. The summed E-state index contributed by atoms with van der Waals surface area (Å²) in [5, 5.41) is 11.0. The number of aromatic nitrogens is 3. The monoisotopic (exact) mass is 322 g/mol. The summed E-state index contributed by atoms with van der Waals surface area (Å²) >= 11 is 0. The van der Waals surface area contributed by atoms with Gasteiger partial charge in [-0.2, -0.15) is 0 Å². The molecule has 0 radical (unpaired) electrons. The van der Waals surface area contributed by atoms with Crippen molar-refractivity contribution in [3.8, 4) is 11.3 Å². The van der Waals surface area contributed by atoms with Crippen LogP contribution in [0.3, 0.4) is 0 Å². The molecule has 2 heterocycles. The van der Waals surface area contributed by atoms with Crippen LogP contribution in [-0.2, 0) is 6.54 Å². The van der Waals surface area contributed by atoms with E-state index in [1.807, 2.05) is 18.2 Å². The van der Waals surface area contributed by atoms with Crippen molar-refractivity contribution in [1.82, 2.24) is 19.9 Å². The summed E-state index contributed by atoms with van der Waals surface area (Å²) in [4.78, 5) is 8.92. The second-order valence-electron chi connectivity index (χ2n) is 5.74. The maximum Gasteiger partial charge on any atom is 0.185 e. The molecule has 0 aliphatic heterocycles. The van der Waals surface area contributed by atoms with Gasteiger partial charge in [0.15, 0.2) is 5.96 Å². The van der Waals surface area contributed by atoms with Crippen molar-refractivity contribution in [2.75, 3.05) is 6.54 Å². The average molecular weight is 322 g/mol. The molecule has 0 bridgehead atoms. The number of guanidine groups is 1. The number of fused-ring (bicyclic) bond motifs is 1. The van der Waals surface area contributed by atoms with Gasteiger partial charge in [-0.05, 0) is 25.3 Å². The summed E-state index contributed by atoms with van der Waals surface area (Å²) in [6.45, 7) is 1.68. The number of rotatable bonds is 7. The van der Waals surface area contributed by atoms with E-state index in [0.29, 0.717) is 0 Å². The Morgan fingerprint density at radius 3 is 2.71 bits per heavy atom. The second kappa shape index (κ2) is 7.59. The maximum absolute atomic E-state index is 7.12. The largest absolute Gasteiger partial charge is 0.370 e. The van der Waals surface area contributed by atoms with Crippen molar-refractivity contribution in [2.45, 2.75) is 25.8 Å². The van der Waals surface area contributed by atoms with Crippen LogP contribution >= 0.6 is 0 Å². The van der Waals surface area contributed by atoms with Crippen molar-refractivity contribution in [3.05, 3.63) is 48.9 Å². The zero-order valence-electron chi connectivity index (χ0n) is 13.6. The van der Waals surface area contributed by atoms with E-state index >= 15 is 0 Å². The van der Waals surface area contributed by atoms with E-state index in [9.17, 15) is 0 Å². The molecule has 0 fully saturated rings. The van der Waals surface area contributed by atoms with Gasteiger partial charge in [0.2, 0.25) is 0 Å². The molecule has 0 amide bonds. The number of nitrogens with one attached hydrogen (secondary N) is 2. The van der Waals surface area contributed by atoms with E-state index in [1.54, 1.807) is 6.33 Å². The zero-order valence-corrected chi connectivity index (χ0v) is 13.6. The lowest BCUT2D eigenvalue weighted by Crippen LogP contribution is -2.30. The predicted octanol–water partition coefficient (Wildman–Crippen LogP) is 2.75. The lowest BCUT2D eigenvalue weighted by Gasteiger charge is -2.07. The molecular formula is C18H22N6. The van der Waals surface area contributed by atoms with E-state index in [4.69, 9.17) is 11.1 Å². The van der Waals surface area contributed by atoms with Gasteiger partial charge in [0, 0.05) is 30.2 Å². The Morgan fingerprint density at radius 1 is 1.08 bits per heavy atom. The molecular weight excluding hydrogens is 300 g/mol. The fraction of sp³-hybridized carbons (Fsp3) is 0.278. The quantitative estimate of drug-likeness (QED) is 0.354. The molecule has 24 heavy (non-hydrogen) atoms. The first-order valence-corrected chi connectivity index (χ1v) is 8.19. The SMILES string of the molecule is N=C(N)NCCCCCn1ccc2c(-c3ccccc3)ncnc21. The van der Waals surface area contributed by atoms with Crippen LogP contribution in [0.1, 0.15) is 19.3 Å². The predicted molar refractivity (Wildman–Crippen MR) is 96.7 cm³/mol. The Hall–Kier alpha value is -2.89. The molecule has 1 aromatic carbocycles. The summed E-state index contributed by atoms with van der Waals surface area (Å²) in [6.07, 6.45) is 6.87. The van der Waals surface area contributed by atoms with Crippen LogP contribution in [0.2, 0.25) is 0 Å². The molecule has 0 aliphatic rings. The number of aryl methyl sites for hydroxylation is 1. The van der Waals surface area contributed by atoms with Crippen LogP contribution < -0.4 is 11.1 Å². The van der Waals surface area contributed by atoms with Crippen LogP contribution in [0.4, 0.5) is 0 Å². The molecule has 0 saturated heterocycles. The molecule has 3 aromatic rings. The number of unbranched alkanes of at least 4 members (excludes halogenated alkanes) is 2. The summed E-state index contributed by atoms with van der Waals surface area (Å²) in [7, 11) is 0. The van der Waals surface area contributed by atoms with E-state index in [2.05, 4.69) is 44.2 Å². The summed E-state index contributed by atoms with van der Waals surface area (Å²) in [5.41, 5.74) is 8.33. The Balaban J connectivity index is 1.67. The highest BCUT2D eigenvalue weighted by Crippen LogP contribution is 2.25. The van der Waals surface area contributed by atoms with Crippen LogP contribution in [0.5, 0.6) is 0 Å². The van der Waals surface area contributed by atoms with E-state index in [0.717, 1.165) is 54.6 Å². The molecule has 6 heteroatoms. The van der Waals surface area contributed by atoms with Gasteiger partial charge in [0.1, 0.15) is 12.0 Å². The van der Waals surface area contributed by atoms with Gasteiger partial charge in [-0.15, -0.1) is 0 Å². The van der Waals surface area contributed by atoms with E-state index in [-0.39, 0.29) is 5.96 Å². The lowest BCUT2D eigenvalue weighted by molar-refractivity contribution is 0.591. The fourth-order valence-electron chi connectivity index (χ4n) is 2.82. The fourth-order valence-corrected chi connectivity index (χ4v) is 2.82. The Bertz CT molecular complexity index is 809. The highest BCUT2D eigenvalue weighted by molar-refractivity contribution is 5.90. The molecule has 0 saturated carbocycles. The molecule has 0 atom stereocenters. The first kappa shape index (κ1) is 16.0. The van der Waals surface area contributed by atoms with Crippen LogP contribution in [-0.4, -0.2) is 27.0 Å². The smallest absolute Gasteiger partial charge is 0.185 e. The third kappa shape index (κ3) is 3.71. The molecule has 2 aromatic heterocycles. The van der Waals surface area contributed by atoms with Gasteiger partial charge in [-0.3, -0.25) is 5.41 Å². The lowest BCUT2D eigenvalue weighted by atomic mass is 10.1. The molecule has 0 spiro atoms. The Labute approximate surface area is 141 Å². The molecule has 0 aliphatic carbocycles. The van der Waals surface area contributed by atoms with Crippen molar-refractivity contribution in [2.24, 2.45) is 5.73 Å². The summed E-state index contributed by atoms with van der Waals surface area (Å²) < 4.78 is 2.18. The normalized spacial score (nSPS) is 10.8. The summed E-state index contributed by atoms with van der Waals surface area (Å²) in [6, 6.07) is 12.3. The van der Waals surface area contributed by atoms with Gasteiger partial charge in [-0.1, -0.05) is 30.3 Å². The average Bonchev–Trinajstić information content (AvgIpc) is 3.02. The van der Waals surface area contributed by atoms with Crippen molar-refractivity contribution < 1.29 is 0 Å². The van der Waals surface area contributed by atoms with Crippen LogP contribution in [0.15, 0.2) is 48.9 Å². The first-order chi connectivity index (χ1) is 11.8. The van der Waals surface area contributed by atoms with Gasteiger partial charge < -0.3 is 15.6 Å². The minimum Gasteiger partial charge on any atom is -0.370 e. The highest BCUT2D eigenvalue weighted by Gasteiger charge is 2.09. The number of hydrogen-bond donors (Lipinski definition) is 3. The second-order valence-corrected chi connectivity index (χ2v) is 5.74. The third-order valence-electron chi connectivity index (χ3n) is 3.99. The highest BCUT2D eigenvalue weighted by atomic mass is 15.0. The number of nitrogens with two attached hydrogens (primary N) is 1.